The zero-order valence-corrected chi connectivity index (χ0v) is 16.1. The summed E-state index contributed by atoms with van der Waals surface area (Å²) in [6, 6.07) is 10.5. The molecule has 0 bridgehead atoms. The van der Waals surface area contributed by atoms with E-state index in [1.807, 2.05) is 18.2 Å². The largest absolute Gasteiger partial charge is 0.377 e. The predicted octanol–water partition coefficient (Wildman–Crippen LogP) is 0.941. The van der Waals surface area contributed by atoms with Gasteiger partial charge in [0.1, 0.15) is 6.61 Å². The van der Waals surface area contributed by atoms with E-state index in [0.29, 0.717) is 13.0 Å². The Bertz CT molecular complexity index is 762. The third kappa shape index (κ3) is 4.11. The number of anilines is 1. The number of rotatable bonds is 5. The summed E-state index contributed by atoms with van der Waals surface area (Å²) in [5.74, 6) is 0.778. The predicted molar refractivity (Wildman–Crippen MR) is 103 cm³/mol. The first kappa shape index (κ1) is 18.3. The Kier molecular flexibility index (Phi) is 5.63. The molecule has 2 fully saturated rings. The van der Waals surface area contributed by atoms with Crippen LogP contribution in [0, 0.1) is 0 Å². The van der Waals surface area contributed by atoms with Crippen LogP contribution in [0.1, 0.15) is 23.9 Å². The standard InChI is InChI=1S/C18H24N6O2S/c1-26-12-15-19-18(27-22-15)24-9-7-23(8-10-24)14-11-16(25)20-21-17(14)13-5-3-2-4-6-13/h2-6,14,17,21H,7-12H2,1H3,(H,20,25). The van der Waals surface area contributed by atoms with Gasteiger partial charge in [-0.25, -0.2) is 10.4 Å². The van der Waals surface area contributed by atoms with E-state index in [1.165, 1.54) is 17.1 Å². The summed E-state index contributed by atoms with van der Waals surface area (Å²) in [4.78, 5) is 21.2. The van der Waals surface area contributed by atoms with Crippen molar-refractivity contribution in [3.8, 4) is 0 Å². The normalized spacial score (nSPS) is 24.0. The van der Waals surface area contributed by atoms with Crippen LogP contribution in [0.2, 0.25) is 0 Å². The molecule has 27 heavy (non-hydrogen) atoms. The Morgan fingerprint density at radius 3 is 2.74 bits per heavy atom. The maximum Gasteiger partial charge on any atom is 0.235 e. The van der Waals surface area contributed by atoms with E-state index < -0.39 is 0 Å². The highest BCUT2D eigenvalue weighted by Gasteiger charge is 2.36. The van der Waals surface area contributed by atoms with E-state index in [2.05, 4.69) is 42.1 Å². The molecular formula is C18H24N6O2S. The summed E-state index contributed by atoms with van der Waals surface area (Å²) in [6.07, 6.45) is 0.503. The lowest BCUT2D eigenvalue weighted by Crippen LogP contribution is -2.60. The lowest BCUT2D eigenvalue weighted by atomic mass is 9.93. The molecule has 1 aromatic carbocycles. The molecule has 0 spiro atoms. The monoisotopic (exact) mass is 388 g/mol. The quantitative estimate of drug-likeness (QED) is 0.789. The highest BCUT2D eigenvalue weighted by Crippen LogP contribution is 2.28. The van der Waals surface area contributed by atoms with Crippen molar-refractivity contribution in [1.82, 2.24) is 25.1 Å². The molecule has 2 aliphatic heterocycles. The number of methoxy groups -OCH3 is 1. The minimum Gasteiger partial charge on any atom is -0.377 e. The number of nitrogens with zero attached hydrogens (tertiary/aromatic N) is 4. The van der Waals surface area contributed by atoms with Gasteiger partial charge >= 0.3 is 0 Å². The Hall–Kier alpha value is -2.07. The van der Waals surface area contributed by atoms with Gasteiger partial charge in [0, 0.05) is 57.3 Å². The zero-order chi connectivity index (χ0) is 18.6. The molecule has 9 heteroatoms. The van der Waals surface area contributed by atoms with Crippen LogP contribution in [0.4, 0.5) is 5.13 Å². The highest BCUT2D eigenvalue weighted by molar-refractivity contribution is 7.09. The number of carbonyl (C=O) groups excluding carboxylic acids is 1. The van der Waals surface area contributed by atoms with Gasteiger partial charge in [-0.2, -0.15) is 4.37 Å². The number of amides is 1. The van der Waals surface area contributed by atoms with Gasteiger partial charge in [-0.3, -0.25) is 15.1 Å². The number of nitrogens with one attached hydrogen (secondary N) is 2. The van der Waals surface area contributed by atoms with Gasteiger partial charge < -0.3 is 9.64 Å². The average molecular weight is 388 g/mol. The number of piperazine rings is 1. The molecular weight excluding hydrogens is 364 g/mol. The average Bonchev–Trinajstić information content (AvgIpc) is 3.18. The number of benzene rings is 1. The third-order valence-electron chi connectivity index (χ3n) is 5.09. The number of ether oxygens (including phenoxy) is 1. The van der Waals surface area contributed by atoms with Crippen molar-refractivity contribution in [2.45, 2.75) is 25.1 Å². The lowest BCUT2D eigenvalue weighted by molar-refractivity contribution is -0.126. The Morgan fingerprint density at radius 2 is 2.00 bits per heavy atom. The Labute approximate surface area is 162 Å². The number of hydrazine groups is 1. The van der Waals surface area contributed by atoms with Crippen molar-refractivity contribution in [2.24, 2.45) is 0 Å². The van der Waals surface area contributed by atoms with Crippen molar-refractivity contribution in [3.63, 3.8) is 0 Å². The first-order valence-corrected chi connectivity index (χ1v) is 9.92. The van der Waals surface area contributed by atoms with Crippen LogP contribution in [-0.4, -0.2) is 59.5 Å². The molecule has 144 valence electrons. The summed E-state index contributed by atoms with van der Waals surface area (Å²) < 4.78 is 9.44. The molecule has 2 aromatic rings. The van der Waals surface area contributed by atoms with Crippen LogP contribution >= 0.6 is 11.5 Å². The van der Waals surface area contributed by atoms with E-state index in [1.54, 1.807) is 7.11 Å². The molecule has 8 nitrogen and oxygen atoms in total. The summed E-state index contributed by atoms with van der Waals surface area (Å²) in [5.41, 5.74) is 7.19. The molecule has 4 rings (SSSR count). The maximum atomic E-state index is 12.0. The molecule has 1 amide bonds. The molecule has 2 N–H and O–H groups in total. The smallest absolute Gasteiger partial charge is 0.235 e. The fourth-order valence-corrected chi connectivity index (χ4v) is 4.45. The topological polar surface area (TPSA) is 82.6 Å². The molecule has 2 unspecified atom stereocenters. The fraction of sp³-hybridized carbons (Fsp3) is 0.500. The van der Waals surface area contributed by atoms with E-state index >= 15 is 0 Å². The van der Waals surface area contributed by atoms with Gasteiger partial charge in [0.2, 0.25) is 11.0 Å². The van der Waals surface area contributed by atoms with Crippen LogP contribution in [-0.2, 0) is 16.1 Å². The van der Waals surface area contributed by atoms with E-state index in [-0.39, 0.29) is 18.0 Å². The summed E-state index contributed by atoms with van der Waals surface area (Å²) in [5, 5.41) is 0.945. The minimum absolute atomic E-state index is 0.0444. The number of carbonyl (C=O) groups is 1. The number of aromatic nitrogens is 2. The van der Waals surface area contributed by atoms with Crippen LogP contribution in [0.5, 0.6) is 0 Å². The van der Waals surface area contributed by atoms with Gasteiger partial charge in [-0.05, 0) is 5.56 Å². The molecule has 2 atom stereocenters. The first-order chi connectivity index (χ1) is 13.2. The van der Waals surface area contributed by atoms with Crippen LogP contribution in [0.3, 0.4) is 0 Å². The molecule has 2 saturated heterocycles. The SMILES string of the molecule is COCc1nsc(N2CCN(C3CC(=O)NNC3c3ccccc3)CC2)n1. The summed E-state index contributed by atoms with van der Waals surface area (Å²) >= 11 is 1.42. The molecule has 0 radical (unpaired) electrons. The van der Waals surface area contributed by atoms with Crippen molar-refractivity contribution in [1.29, 1.82) is 0 Å². The lowest BCUT2D eigenvalue weighted by Gasteiger charge is -2.44. The van der Waals surface area contributed by atoms with Crippen LogP contribution in [0.15, 0.2) is 30.3 Å². The van der Waals surface area contributed by atoms with Crippen molar-refractivity contribution < 1.29 is 9.53 Å². The van der Waals surface area contributed by atoms with E-state index in [0.717, 1.165) is 37.1 Å². The molecule has 0 saturated carbocycles. The summed E-state index contributed by atoms with van der Waals surface area (Å²) in [6.45, 7) is 3.98. The fourth-order valence-electron chi connectivity index (χ4n) is 3.72. The van der Waals surface area contributed by atoms with E-state index in [9.17, 15) is 4.79 Å². The molecule has 0 aliphatic carbocycles. The second-order valence-corrected chi connectivity index (χ2v) is 7.53. The summed E-state index contributed by atoms with van der Waals surface area (Å²) in [7, 11) is 1.65. The maximum absolute atomic E-state index is 12.0. The highest BCUT2D eigenvalue weighted by atomic mass is 32.1. The second kappa shape index (κ2) is 8.30. The van der Waals surface area contributed by atoms with Crippen molar-refractivity contribution >= 4 is 22.6 Å². The number of hydrogen-bond donors (Lipinski definition) is 2. The van der Waals surface area contributed by atoms with Gasteiger partial charge in [-0.15, -0.1) is 0 Å². The third-order valence-corrected chi connectivity index (χ3v) is 5.90. The first-order valence-electron chi connectivity index (χ1n) is 9.14. The van der Waals surface area contributed by atoms with Crippen LogP contribution < -0.4 is 15.8 Å². The Balaban J connectivity index is 1.42. The van der Waals surface area contributed by atoms with Crippen molar-refractivity contribution in [2.75, 3.05) is 38.2 Å². The van der Waals surface area contributed by atoms with Crippen molar-refractivity contribution in [3.05, 3.63) is 41.7 Å². The van der Waals surface area contributed by atoms with Gasteiger partial charge in [0.05, 0.1) is 6.04 Å². The molecule has 1 aromatic heterocycles. The Morgan fingerprint density at radius 1 is 1.22 bits per heavy atom. The molecule has 2 aliphatic rings. The second-order valence-electron chi connectivity index (χ2n) is 6.80. The van der Waals surface area contributed by atoms with Crippen LogP contribution in [0.25, 0.3) is 0 Å². The van der Waals surface area contributed by atoms with E-state index in [4.69, 9.17) is 4.74 Å². The number of hydrogen-bond acceptors (Lipinski definition) is 8. The molecule has 3 heterocycles. The van der Waals surface area contributed by atoms with Gasteiger partial charge in [0.25, 0.3) is 0 Å². The van der Waals surface area contributed by atoms with Gasteiger partial charge in [0.15, 0.2) is 5.82 Å². The van der Waals surface area contributed by atoms with Gasteiger partial charge in [-0.1, -0.05) is 30.3 Å². The zero-order valence-electron chi connectivity index (χ0n) is 15.3. The minimum atomic E-state index is 0.0444.